The first kappa shape index (κ1) is 18.2. The van der Waals surface area contributed by atoms with E-state index in [0.717, 1.165) is 58.4 Å². The van der Waals surface area contributed by atoms with Gasteiger partial charge in [-0.25, -0.2) is 4.99 Å². The molecule has 0 aliphatic carbocycles. The highest BCUT2D eigenvalue weighted by Gasteiger charge is 2.02. The Morgan fingerprint density at radius 1 is 1.16 bits per heavy atom. The summed E-state index contributed by atoms with van der Waals surface area (Å²) >= 11 is 0. The van der Waals surface area contributed by atoms with Crippen LogP contribution >= 0.6 is 0 Å². The summed E-state index contributed by atoms with van der Waals surface area (Å²) in [6.45, 7) is 6.28. The summed E-state index contributed by atoms with van der Waals surface area (Å²) in [4.78, 5) is 14.8. The molecule has 6 nitrogen and oxygen atoms in total. The molecule has 0 aromatic rings. The largest absolute Gasteiger partial charge is 0.330 e. The van der Waals surface area contributed by atoms with Crippen molar-refractivity contribution in [2.24, 2.45) is 16.5 Å². The number of hydrogen-bond acceptors (Lipinski definition) is 5. The van der Waals surface area contributed by atoms with Gasteiger partial charge in [-0.15, -0.1) is 0 Å². The van der Waals surface area contributed by atoms with E-state index < -0.39 is 6.04 Å². The van der Waals surface area contributed by atoms with Gasteiger partial charge >= 0.3 is 0 Å². The first-order chi connectivity index (χ1) is 9.18. The predicted octanol–water partition coefficient (Wildman–Crippen LogP) is -0.371. The van der Waals surface area contributed by atoms with E-state index in [1.54, 1.807) is 13.1 Å². The summed E-state index contributed by atoms with van der Waals surface area (Å²) in [5.41, 5.74) is 10.8. The first-order valence-electron chi connectivity index (χ1n) is 7.12. The van der Waals surface area contributed by atoms with Crippen LogP contribution in [0, 0.1) is 0 Å². The van der Waals surface area contributed by atoms with Crippen LogP contribution in [0.1, 0.15) is 32.6 Å². The Morgan fingerprint density at radius 3 is 2.32 bits per heavy atom. The van der Waals surface area contributed by atoms with Crippen LogP contribution in [0.25, 0.3) is 0 Å². The zero-order valence-electron chi connectivity index (χ0n) is 12.0. The zero-order chi connectivity index (χ0) is 14.3. The molecule has 0 aromatic heterocycles. The molecule has 19 heavy (non-hydrogen) atoms. The monoisotopic (exact) mass is 271 g/mol. The van der Waals surface area contributed by atoms with Crippen molar-refractivity contribution in [2.75, 3.05) is 32.7 Å². The number of hydrogen-bond donors (Lipinski definition) is 4. The SMILES string of the molecule is C[C@@H](N)C(=O)/N=C/CCNCCCCNCCCN. The van der Waals surface area contributed by atoms with Crippen molar-refractivity contribution in [3.8, 4) is 0 Å². The second-order valence-electron chi connectivity index (χ2n) is 4.58. The minimum atomic E-state index is -0.504. The van der Waals surface area contributed by atoms with Crippen LogP contribution in [0.3, 0.4) is 0 Å². The lowest BCUT2D eigenvalue weighted by Gasteiger charge is -2.04. The maximum atomic E-state index is 11.1. The van der Waals surface area contributed by atoms with Gasteiger partial charge in [0.2, 0.25) is 0 Å². The summed E-state index contributed by atoms with van der Waals surface area (Å²) in [6, 6.07) is -0.504. The molecule has 0 heterocycles. The highest BCUT2D eigenvalue weighted by Crippen LogP contribution is 1.86. The predicted molar refractivity (Wildman–Crippen MR) is 80.4 cm³/mol. The lowest BCUT2D eigenvalue weighted by molar-refractivity contribution is -0.118. The Labute approximate surface area is 116 Å². The molecule has 0 radical (unpaired) electrons. The molecule has 1 atom stereocenters. The molecule has 6 N–H and O–H groups in total. The number of unbranched alkanes of at least 4 members (excludes halogenated alkanes) is 1. The molecule has 0 aliphatic heterocycles. The molecule has 1 amide bonds. The summed E-state index contributed by atoms with van der Waals surface area (Å²) in [6.07, 6.45) is 5.73. The third kappa shape index (κ3) is 13.4. The van der Waals surface area contributed by atoms with Gasteiger partial charge in [-0.2, -0.15) is 0 Å². The van der Waals surface area contributed by atoms with Crippen molar-refractivity contribution in [1.82, 2.24) is 10.6 Å². The average Bonchev–Trinajstić information content (AvgIpc) is 2.39. The van der Waals surface area contributed by atoms with Crippen molar-refractivity contribution in [2.45, 2.75) is 38.6 Å². The van der Waals surface area contributed by atoms with Crippen LogP contribution in [0.15, 0.2) is 4.99 Å². The highest BCUT2D eigenvalue weighted by atomic mass is 16.1. The minimum absolute atomic E-state index is 0.261. The van der Waals surface area contributed by atoms with Gasteiger partial charge < -0.3 is 22.1 Å². The minimum Gasteiger partial charge on any atom is -0.330 e. The number of carbonyl (C=O) groups is 1. The summed E-state index contributed by atoms with van der Waals surface area (Å²) in [5.74, 6) is -0.261. The molecule has 0 fully saturated rings. The molecule has 0 spiro atoms. The molecule has 0 saturated carbocycles. The van der Waals surface area contributed by atoms with Crippen molar-refractivity contribution in [3.63, 3.8) is 0 Å². The van der Waals surface area contributed by atoms with Gasteiger partial charge in [0, 0.05) is 12.8 Å². The van der Waals surface area contributed by atoms with Crippen LogP contribution < -0.4 is 22.1 Å². The van der Waals surface area contributed by atoms with Crippen LogP contribution in [-0.4, -0.2) is 50.9 Å². The fourth-order valence-electron chi connectivity index (χ4n) is 1.42. The fourth-order valence-corrected chi connectivity index (χ4v) is 1.42. The van der Waals surface area contributed by atoms with Crippen molar-refractivity contribution in [1.29, 1.82) is 0 Å². The van der Waals surface area contributed by atoms with Crippen LogP contribution in [0.2, 0.25) is 0 Å². The molecule has 0 rings (SSSR count). The lowest BCUT2D eigenvalue weighted by Crippen LogP contribution is -2.25. The number of aliphatic imine (C=N–C) groups is 1. The van der Waals surface area contributed by atoms with Gasteiger partial charge in [0.1, 0.15) is 0 Å². The number of nitrogens with one attached hydrogen (secondary N) is 2. The topological polar surface area (TPSA) is 106 Å². The van der Waals surface area contributed by atoms with Crippen molar-refractivity contribution >= 4 is 12.1 Å². The van der Waals surface area contributed by atoms with E-state index >= 15 is 0 Å². The normalized spacial score (nSPS) is 13.0. The molecule has 0 unspecified atom stereocenters. The van der Waals surface area contributed by atoms with E-state index in [9.17, 15) is 4.79 Å². The molecule has 0 aliphatic rings. The van der Waals surface area contributed by atoms with Crippen molar-refractivity contribution in [3.05, 3.63) is 0 Å². The van der Waals surface area contributed by atoms with E-state index in [4.69, 9.17) is 11.5 Å². The van der Waals surface area contributed by atoms with E-state index in [1.807, 2.05) is 0 Å². The molecule has 112 valence electrons. The fraction of sp³-hybridized carbons (Fsp3) is 0.846. The molecule has 0 saturated heterocycles. The van der Waals surface area contributed by atoms with E-state index in [2.05, 4.69) is 15.6 Å². The number of nitrogens with zero attached hydrogens (tertiary/aromatic N) is 1. The third-order valence-electron chi connectivity index (χ3n) is 2.57. The second-order valence-corrected chi connectivity index (χ2v) is 4.58. The number of amides is 1. The average molecular weight is 271 g/mol. The third-order valence-corrected chi connectivity index (χ3v) is 2.57. The lowest BCUT2D eigenvalue weighted by atomic mass is 10.3. The molecule has 6 heteroatoms. The molecular weight excluding hydrogens is 242 g/mol. The van der Waals surface area contributed by atoms with Gasteiger partial charge in [-0.05, 0) is 58.8 Å². The molecule has 0 aromatic carbocycles. The first-order valence-corrected chi connectivity index (χ1v) is 7.12. The van der Waals surface area contributed by atoms with Gasteiger partial charge in [0.05, 0.1) is 6.04 Å². The summed E-state index contributed by atoms with van der Waals surface area (Å²) in [5, 5.41) is 6.65. The van der Waals surface area contributed by atoms with E-state index in [1.165, 1.54) is 0 Å². The van der Waals surface area contributed by atoms with Gasteiger partial charge in [0.25, 0.3) is 5.91 Å². The van der Waals surface area contributed by atoms with Crippen molar-refractivity contribution < 1.29 is 4.79 Å². The van der Waals surface area contributed by atoms with E-state index in [0.29, 0.717) is 0 Å². The van der Waals surface area contributed by atoms with Crippen LogP contribution in [-0.2, 0) is 4.79 Å². The Hall–Kier alpha value is -0.820. The highest BCUT2D eigenvalue weighted by molar-refractivity contribution is 5.88. The standard InChI is InChI=1S/C13H29N5O/c1-12(15)13(19)18-11-5-10-17-8-3-2-7-16-9-4-6-14/h11-12,16-17H,2-10,14-15H2,1H3/b18-11+/t12-/m1/s1. The van der Waals surface area contributed by atoms with Gasteiger partial charge in [-0.1, -0.05) is 0 Å². The smallest absolute Gasteiger partial charge is 0.261 e. The Morgan fingerprint density at radius 2 is 1.74 bits per heavy atom. The van der Waals surface area contributed by atoms with Gasteiger partial charge in [-0.3, -0.25) is 4.79 Å². The number of rotatable bonds is 12. The quantitative estimate of drug-likeness (QED) is 0.286. The zero-order valence-corrected chi connectivity index (χ0v) is 12.0. The van der Waals surface area contributed by atoms with Gasteiger partial charge in [0.15, 0.2) is 0 Å². The second kappa shape index (κ2) is 13.6. The van der Waals surface area contributed by atoms with Crippen LogP contribution in [0.4, 0.5) is 0 Å². The number of nitrogens with two attached hydrogens (primary N) is 2. The summed E-state index contributed by atoms with van der Waals surface area (Å²) < 4.78 is 0. The molecular formula is C13H29N5O. The Bertz CT molecular complexity index is 243. The molecule has 0 bridgehead atoms. The Kier molecular flexibility index (Phi) is 13.0. The summed E-state index contributed by atoms with van der Waals surface area (Å²) in [7, 11) is 0. The maximum Gasteiger partial charge on any atom is 0.261 e. The van der Waals surface area contributed by atoms with Crippen LogP contribution in [0.5, 0.6) is 0 Å². The number of carbonyl (C=O) groups excluding carboxylic acids is 1. The Balaban J connectivity index is 3.17. The maximum absolute atomic E-state index is 11.1. The van der Waals surface area contributed by atoms with E-state index in [-0.39, 0.29) is 5.91 Å².